The van der Waals surface area contributed by atoms with Crippen molar-refractivity contribution in [2.75, 3.05) is 46.3 Å². The van der Waals surface area contributed by atoms with Gasteiger partial charge in [0.2, 0.25) is 5.91 Å². The molecule has 0 aromatic heterocycles. The Morgan fingerprint density at radius 1 is 0.969 bits per heavy atom. The summed E-state index contributed by atoms with van der Waals surface area (Å²) in [5.74, 6) is -0.393. The maximum Gasteiger partial charge on any atom is 0.417 e. The molecule has 2 N–H and O–H groups in total. The van der Waals surface area contributed by atoms with Crippen LogP contribution in [0.1, 0.15) is 29.5 Å². The number of hydrogen-bond donors (Lipinski definition) is 1. The first kappa shape index (κ1) is 24.8. The van der Waals surface area contributed by atoms with Crippen molar-refractivity contribution in [1.82, 2.24) is 14.7 Å². The normalized spacial score (nSPS) is 21.1. The Bertz CT molecular complexity index is 796. The van der Waals surface area contributed by atoms with E-state index in [0.717, 1.165) is 45.1 Å². The second-order valence-electron chi connectivity index (χ2n) is 8.58. The van der Waals surface area contributed by atoms with Gasteiger partial charge in [0, 0.05) is 45.3 Å². The van der Waals surface area contributed by atoms with Crippen molar-refractivity contribution in [3.05, 3.63) is 34.9 Å². The lowest BCUT2D eigenvalue weighted by Crippen LogP contribution is -2.54. The maximum atomic E-state index is 13.1. The number of benzene rings is 1. The minimum absolute atomic E-state index is 0.0569. The molecule has 0 spiro atoms. The van der Waals surface area contributed by atoms with Crippen LogP contribution in [0.4, 0.5) is 26.3 Å². The third-order valence-electron chi connectivity index (χ3n) is 6.30. The first-order chi connectivity index (χ1) is 14.9. The van der Waals surface area contributed by atoms with Gasteiger partial charge in [-0.3, -0.25) is 9.69 Å². The van der Waals surface area contributed by atoms with Crippen molar-refractivity contribution in [2.24, 2.45) is 5.73 Å². The number of nitrogens with two attached hydrogens (primary N) is 1. The van der Waals surface area contributed by atoms with Crippen molar-refractivity contribution >= 4 is 5.91 Å². The molecule has 180 valence electrons. The van der Waals surface area contributed by atoms with Gasteiger partial charge in [-0.05, 0) is 44.0 Å². The Labute approximate surface area is 183 Å². The summed E-state index contributed by atoms with van der Waals surface area (Å²) < 4.78 is 78.2. The van der Waals surface area contributed by atoms with Crippen LogP contribution in [0.15, 0.2) is 18.2 Å². The molecule has 0 bridgehead atoms. The summed E-state index contributed by atoms with van der Waals surface area (Å²) in [6.07, 6.45) is -8.98. The molecule has 0 saturated carbocycles. The predicted octanol–water partition coefficient (Wildman–Crippen LogP) is 2.83. The van der Waals surface area contributed by atoms with Crippen LogP contribution in [0.5, 0.6) is 0 Å². The van der Waals surface area contributed by atoms with Gasteiger partial charge in [0.15, 0.2) is 0 Å². The van der Waals surface area contributed by atoms with Crippen LogP contribution >= 0.6 is 0 Å². The van der Waals surface area contributed by atoms with E-state index in [2.05, 4.69) is 16.8 Å². The second-order valence-corrected chi connectivity index (χ2v) is 8.58. The average Bonchev–Trinajstić information content (AvgIpc) is 2.72. The van der Waals surface area contributed by atoms with Gasteiger partial charge in [-0.15, -0.1) is 0 Å². The Balaban J connectivity index is 1.60. The molecular formula is C21H28F6N4O. The van der Waals surface area contributed by atoms with E-state index in [9.17, 15) is 31.1 Å². The molecule has 2 fully saturated rings. The summed E-state index contributed by atoms with van der Waals surface area (Å²) in [7, 11) is 2.08. The topological polar surface area (TPSA) is 52.8 Å². The van der Waals surface area contributed by atoms with Gasteiger partial charge in [-0.2, -0.15) is 26.3 Å². The molecule has 1 atom stereocenters. The molecule has 2 aliphatic heterocycles. The summed E-state index contributed by atoms with van der Waals surface area (Å²) in [4.78, 5) is 19.0. The molecule has 2 aliphatic rings. The zero-order valence-electron chi connectivity index (χ0n) is 17.8. The number of alkyl halides is 6. The molecule has 11 heteroatoms. The minimum atomic E-state index is -5.17. The lowest BCUT2D eigenvalue weighted by molar-refractivity contribution is -0.162. The van der Waals surface area contributed by atoms with Gasteiger partial charge in [0.05, 0.1) is 17.2 Å². The van der Waals surface area contributed by atoms with Crippen molar-refractivity contribution in [3.63, 3.8) is 0 Å². The van der Waals surface area contributed by atoms with Crippen molar-refractivity contribution in [1.29, 1.82) is 0 Å². The minimum Gasteiger partial charge on any atom is -0.341 e. The van der Waals surface area contributed by atoms with Crippen LogP contribution in [-0.2, 0) is 23.6 Å². The summed E-state index contributed by atoms with van der Waals surface area (Å²) in [6.45, 7) is 4.96. The molecule has 5 nitrogen and oxygen atoms in total. The SMILES string of the molecule is CN1CCN(C2CCN(C(=O)[C@H](N)Cc3ccc(C(F)(F)F)c(C(F)(F)F)c3)CC2)CC1. The molecule has 1 aromatic rings. The van der Waals surface area contributed by atoms with Gasteiger partial charge in [-0.1, -0.05) is 6.07 Å². The number of carbonyl (C=O) groups is 1. The Morgan fingerprint density at radius 3 is 2.06 bits per heavy atom. The highest BCUT2D eigenvalue weighted by molar-refractivity contribution is 5.82. The fraction of sp³-hybridized carbons (Fsp3) is 0.667. The van der Waals surface area contributed by atoms with Crippen LogP contribution in [0, 0.1) is 0 Å². The molecule has 0 unspecified atom stereocenters. The number of likely N-dealkylation sites (N-methyl/N-ethyl adjacent to an activating group) is 1. The summed E-state index contributed by atoms with van der Waals surface area (Å²) in [5, 5.41) is 0. The highest BCUT2D eigenvalue weighted by atomic mass is 19.4. The average molecular weight is 466 g/mol. The number of piperidine rings is 1. The van der Waals surface area contributed by atoms with Gasteiger partial charge >= 0.3 is 12.4 Å². The van der Waals surface area contributed by atoms with Crippen LogP contribution < -0.4 is 5.73 Å². The van der Waals surface area contributed by atoms with E-state index in [0.29, 0.717) is 31.3 Å². The van der Waals surface area contributed by atoms with Crippen molar-refractivity contribution in [3.8, 4) is 0 Å². The van der Waals surface area contributed by atoms with E-state index in [1.807, 2.05) is 0 Å². The number of rotatable bonds is 4. The molecule has 2 saturated heterocycles. The number of likely N-dealkylation sites (tertiary alicyclic amines) is 1. The maximum absolute atomic E-state index is 13.1. The largest absolute Gasteiger partial charge is 0.417 e. The van der Waals surface area contributed by atoms with Gasteiger partial charge in [0.25, 0.3) is 0 Å². The van der Waals surface area contributed by atoms with E-state index in [1.54, 1.807) is 4.90 Å². The highest BCUT2D eigenvalue weighted by Crippen LogP contribution is 2.40. The molecular weight excluding hydrogens is 438 g/mol. The van der Waals surface area contributed by atoms with E-state index in [4.69, 9.17) is 5.73 Å². The Morgan fingerprint density at radius 2 is 1.53 bits per heavy atom. The molecule has 1 aromatic carbocycles. The number of piperazine rings is 1. The first-order valence-electron chi connectivity index (χ1n) is 10.6. The van der Waals surface area contributed by atoms with Crippen molar-refractivity contribution < 1.29 is 31.1 Å². The second kappa shape index (κ2) is 9.56. The van der Waals surface area contributed by atoms with Crippen LogP contribution in [0.25, 0.3) is 0 Å². The quantitative estimate of drug-likeness (QED) is 0.694. The molecule has 0 radical (unpaired) electrons. The zero-order chi connectivity index (χ0) is 23.7. The zero-order valence-corrected chi connectivity index (χ0v) is 17.8. The number of carbonyl (C=O) groups excluding carboxylic acids is 1. The fourth-order valence-corrected chi connectivity index (χ4v) is 4.41. The third-order valence-corrected chi connectivity index (χ3v) is 6.30. The van der Waals surface area contributed by atoms with E-state index >= 15 is 0 Å². The lowest BCUT2D eigenvalue weighted by Gasteiger charge is -2.42. The number of nitrogens with zero attached hydrogens (tertiary/aromatic N) is 3. The lowest BCUT2D eigenvalue weighted by atomic mass is 9.97. The van der Waals surface area contributed by atoms with E-state index < -0.39 is 35.4 Å². The first-order valence-corrected chi connectivity index (χ1v) is 10.6. The third kappa shape index (κ3) is 5.93. The summed E-state index contributed by atoms with van der Waals surface area (Å²) in [6, 6.07) is 1.05. The van der Waals surface area contributed by atoms with Gasteiger partial charge < -0.3 is 15.5 Å². The van der Waals surface area contributed by atoms with Crippen LogP contribution in [0.2, 0.25) is 0 Å². The molecule has 1 amide bonds. The number of amides is 1. The smallest absolute Gasteiger partial charge is 0.341 e. The van der Waals surface area contributed by atoms with Gasteiger partial charge in [-0.25, -0.2) is 0 Å². The van der Waals surface area contributed by atoms with Crippen LogP contribution in [0.3, 0.4) is 0 Å². The van der Waals surface area contributed by atoms with Crippen molar-refractivity contribution in [2.45, 2.75) is 43.7 Å². The standard InChI is InChI=1S/C21H28F6N4O/c1-29-8-10-30(11-9-29)15-4-6-31(7-5-15)19(32)18(28)13-14-2-3-16(20(22,23)24)17(12-14)21(25,26)27/h2-3,12,15,18H,4-11,13,28H2,1H3/t18-/m1/s1. The molecule has 2 heterocycles. The number of halogens is 6. The van der Waals surface area contributed by atoms with Crippen LogP contribution in [-0.4, -0.2) is 79.0 Å². The molecule has 32 heavy (non-hydrogen) atoms. The molecule has 0 aliphatic carbocycles. The Kier molecular flexibility index (Phi) is 7.41. The molecule has 3 rings (SSSR count). The monoisotopic (exact) mass is 466 g/mol. The van der Waals surface area contributed by atoms with E-state index in [-0.39, 0.29) is 12.0 Å². The predicted molar refractivity (Wildman–Crippen MR) is 107 cm³/mol. The van der Waals surface area contributed by atoms with Gasteiger partial charge in [0.1, 0.15) is 0 Å². The van der Waals surface area contributed by atoms with E-state index in [1.165, 1.54) is 0 Å². The number of hydrogen-bond acceptors (Lipinski definition) is 4. The Hall–Kier alpha value is -1.85. The summed E-state index contributed by atoms with van der Waals surface area (Å²) >= 11 is 0. The summed E-state index contributed by atoms with van der Waals surface area (Å²) in [5.41, 5.74) is 2.37. The fourth-order valence-electron chi connectivity index (χ4n) is 4.41. The highest BCUT2D eigenvalue weighted by Gasteiger charge is 2.43.